The van der Waals surface area contributed by atoms with Crippen molar-refractivity contribution in [2.75, 3.05) is 33.9 Å². The molecule has 0 aromatic rings. The van der Waals surface area contributed by atoms with Gasteiger partial charge in [0.2, 0.25) is 5.91 Å². The zero-order valence-corrected chi connectivity index (χ0v) is 12.7. The molecule has 1 N–H and O–H groups in total. The minimum absolute atomic E-state index is 0.00338. The number of carbonyl (C=O) groups is 2. The van der Waals surface area contributed by atoms with E-state index in [4.69, 9.17) is 9.47 Å². The Morgan fingerprint density at radius 3 is 2.75 bits per heavy atom. The monoisotopic (exact) mass is 286 g/mol. The van der Waals surface area contributed by atoms with Crippen molar-refractivity contribution in [1.29, 1.82) is 0 Å². The van der Waals surface area contributed by atoms with Crippen LogP contribution in [-0.2, 0) is 19.1 Å². The number of carbonyl (C=O) groups excluding carboxylic acids is 2. The van der Waals surface area contributed by atoms with E-state index in [1.165, 1.54) is 7.11 Å². The number of esters is 1. The number of ether oxygens (including phenoxy) is 2. The Bertz CT molecular complexity index is 322. The highest BCUT2D eigenvalue weighted by Crippen LogP contribution is 2.19. The minimum Gasteiger partial charge on any atom is -0.469 e. The summed E-state index contributed by atoms with van der Waals surface area (Å²) in [6.07, 6.45) is 3.46. The van der Waals surface area contributed by atoms with Crippen LogP contribution in [0.3, 0.4) is 0 Å². The van der Waals surface area contributed by atoms with Crippen LogP contribution in [0.2, 0.25) is 0 Å². The maximum Gasteiger partial charge on any atom is 0.307 e. The van der Waals surface area contributed by atoms with E-state index in [9.17, 15) is 9.59 Å². The highest BCUT2D eigenvalue weighted by Gasteiger charge is 2.26. The van der Waals surface area contributed by atoms with Crippen molar-refractivity contribution in [3.63, 3.8) is 0 Å². The maximum atomic E-state index is 12.0. The summed E-state index contributed by atoms with van der Waals surface area (Å²) < 4.78 is 9.71. The summed E-state index contributed by atoms with van der Waals surface area (Å²) in [5.41, 5.74) is 0. The smallest absolute Gasteiger partial charge is 0.307 e. The molecule has 0 aromatic carbocycles. The fourth-order valence-electron chi connectivity index (χ4n) is 2.57. The third-order valence-corrected chi connectivity index (χ3v) is 3.55. The number of methoxy groups -OCH3 is 2. The Morgan fingerprint density at radius 1 is 1.35 bits per heavy atom. The maximum absolute atomic E-state index is 12.0. The number of nitrogens with zero attached hydrogens (tertiary/aromatic N) is 1. The molecule has 0 spiro atoms. The van der Waals surface area contributed by atoms with Crippen LogP contribution in [0.4, 0.5) is 0 Å². The van der Waals surface area contributed by atoms with E-state index in [0.29, 0.717) is 19.6 Å². The molecule has 6 nitrogen and oxygen atoms in total. The second kappa shape index (κ2) is 8.92. The molecule has 20 heavy (non-hydrogen) atoms. The van der Waals surface area contributed by atoms with Crippen molar-refractivity contribution in [3.8, 4) is 0 Å². The molecule has 6 heteroatoms. The third-order valence-electron chi connectivity index (χ3n) is 3.55. The van der Waals surface area contributed by atoms with E-state index in [1.807, 2.05) is 6.92 Å². The highest BCUT2D eigenvalue weighted by molar-refractivity contribution is 5.78. The van der Waals surface area contributed by atoms with Crippen LogP contribution >= 0.6 is 0 Å². The van der Waals surface area contributed by atoms with Gasteiger partial charge in [-0.2, -0.15) is 0 Å². The van der Waals surface area contributed by atoms with Crippen LogP contribution in [0.5, 0.6) is 0 Å². The molecule has 2 unspecified atom stereocenters. The zero-order chi connectivity index (χ0) is 15.0. The van der Waals surface area contributed by atoms with Gasteiger partial charge in [0, 0.05) is 19.2 Å². The van der Waals surface area contributed by atoms with Crippen molar-refractivity contribution < 1.29 is 19.1 Å². The molecule has 1 saturated heterocycles. The lowest BCUT2D eigenvalue weighted by Crippen LogP contribution is -2.48. The van der Waals surface area contributed by atoms with Crippen LogP contribution in [0.1, 0.15) is 32.6 Å². The average molecular weight is 286 g/mol. The molecule has 2 atom stereocenters. The van der Waals surface area contributed by atoms with Crippen LogP contribution in [0, 0.1) is 0 Å². The van der Waals surface area contributed by atoms with Crippen molar-refractivity contribution in [2.45, 2.75) is 44.7 Å². The van der Waals surface area contributed by atoms with Gasteiger partial charge >= 0.3 is 5.97 Å². The second-order valence-electron chi connectivity index (χ2n) is 5.32. The van der Waals surface area contributed by atoms with Gasteiger partial charge in [0.1, 0.15) is 0 Å². The van der Waals surface area contributed by atoms with Gasteiger partial charge in [0.15, 0.2) is 0 Å². The molecule has 1 aliphatic rings. The van der Waals surface area contributed by atoms with Gasteiger partial charge in [-0.3, -0.25) is 14.5 Å². The summed E-state index contributed by atoms with van der Waals surface area (Å²) in [5.74, 6) is -0.235. The van der Waals surface area contributed by atoms with Gasteiger partial charge in [-0.25, -0.2) is 0 Å². The number of nitrogens with one attached hydrogen (secondary N) is 1. The van der Waals surface area contributed by atoms with E-state index >= 15 is 0 Å². The first kappa shape index (κ1) is 16.9. The summed E-state index contributed by atoms with van der Waals surface area (Å²) in [4.78, 5) is 25.5. The molecule has 0 bridgehead atoms. The van der Waals surface area contributed by atoms with E-state index in [2.05, 4.69) is 10.2 Å². The summed E-state index contributed by atoms with van der Waals surface area (Å²) in [6, 6.07) is 0.107. The SMILES string of the molecule is COCC(C)NC(=O)CN1CCCCC1CC(=O)OC. The molecule has 0 saturated carbocycles. The molecule has 1 fully saturated rings. The Labute approximate surface area is 120 Å². The Morgan fingerprint density at radius 2 is 2.10 bits per heavy atom. The van der Waals surface area contributed by atoms with Crippen LogP contribution in [0.15, 0.2) is 0 Å². The van der Waals surface area contributed by atoms with Crippen LogP contribution in [-0.4, -0.2) is 62.8 Å². The fraction of sp³-hybridized carbons (Fsp3) is 0.857. The molecule has 1 rings (SSSR count). The quantitative estimate of drug-likeness (QED) is 0.692. The lowest BCUT2D eigenvalue weighted by atomic mass is 9.99. The largest absolute Gasteiger partial charge is 0.469 e. The van der Waals surface area contributed by atoms with Crippen LogP contribution in [0.25, 0.3) is 0 Å². The first-order valence-corrected chi connectivity index (χ1v) is 7.16. The first-order valence-electron chi connectivity index (χ1n) is 7.16. The summed E-state index contributed by atoms with van der Waals surface area (Å²) in [7, 11) is 3.01. The fourth-order valence-corrected chi connectivity index (χ4v) is 2.57. The summed E-state index contributed by atoms with van der Waals surface area (Å²) in [6.45, 7) is 3.59. The molecule has 1 amide bonds. The molecular weight excluding hydrogens is 260 g/mol. The van der Waals surface area contributed by atoms with Crippen LogP contribution < -0.4 is 5.32 Å². The highest BCUT2D eigenvalue weighted by atomic mass is 16.5. The average Bonchev–Trinajstić information content (AvgIpc) is 2.40. The molecule has 1 heterocycles. The number of amides is 1. The molecule has 0 radical (unpaired) electrons. The predicted molar refractivity (Wildman–Crippen MR) is 75.3 cm³/mol. The summed E-state index contributed by atoms with van der Waals surface area (Å²) in [5, 5.41) is 2.89. The lowest BCUT2D eigenvalue weighted by molar-refractivity contribution is -0.143. The van der Waals surface area contributed by atoms with Crippen molar-refractivity contribution in [3.05, 3.63) is 0 Å². The normalized spacial score (nSPS) is 21.2. The molecule has 116 valence electrons. The number of likely N-dealkylation sites (tertiary alicyclic amines) is 1. The Balaban J connectivity index is 2.45. The molecular formula is C14H26N2O4. The standard InChI is InChI=1S/C14H26N2O4/c1-11(10-19-2)15-13(17)9-16-7-5-4-6-12(16)8-14(18)20-3/h11-12H,4-10H2,1-3H3,(H,15,17). The van der Waals surface area contributed by atoms with E-state index < -0.39 is 0 Å². The third kappa shape index (κ3) is 5.88. The molecule has 0 aromatic heterocycles. The van der Waals surface area contributed by atoms with Crippen molar-refractivity contribution in [2.24, 2.45) is 0 Å². The van der Waals surface area contributed by atoms with Gasteiger partial charge < -0.3 is 14.8 Å². The summed E-state index contributed by atoms with van der Waals surface area (Å²) >= 11 is 0. The number of hydrogen-bond donors (Lipinski definition) is 1. The number of rotatable bonds is 7. The molecule has 1 aliphatic heterocycles. The van der Waals surface area contributed by atoms with E-state index in [1.54, 1.807) is 7.11 Å². The first-order chi connectivity index (χ1) is 9.56. The van der Waals surface area contributed by atoms with E-state index in [0.717, 1.165) is 25.8 Å². The zero-order valence-electron chi connectivity index (χ0n) is 12.7. The minimum atomic E-state index is -0.213. The predicted octanol–water partition coefficient (Wildman–Crippen LogP) is 0.555. The number of hydrogen-bond acceptors (Lipinski definition) is 5. The Hall–Kier alpha value is -1.14. The Kier molecular flexibility index (Phi) is 7.54. The van der Waals surface area contributed by atoms with Crippen molar-refractivity contribution in [1.82, 2.24) is 10.2 Å². The lowest BCUT2D eigenvalue weighted by Gasteiger charge is -2.34. The van der Waals surface area contributed by atoms with Gasteiger partial charge in [0.25, 0.3) is 0 Å². The van der Waals surface area contributed by atoms with Gasteiger partial charge in [-0.1, -0.05) is 6.42 Å². The van der Waals surface area contributed by atoms with Gasteiger partial charge in [-0.05, 0) is 26.3 Å². The van der Waals surface area contributed by atoms with Gasteiger partial charge in [-0.15, -0.1) is 0 Å². The molecule has 0 aliphatic carbocycles. The topological polar surface area (TPSA) is 67.9 Å². The van der Waals surface area contributed by atoms with Crippen molar-refractivity contribution >= 4 is 11.9 Å². The van der Waals surface area contributed by atoms with E-state index in [-0.39, 0.29) is 24.0 Å². The van der Waals surface area contributed by atoms with Gasteiger partial charge in [0.05, 0.1) is 26.7 Å². The number of piperidine rings is 1. The second-order valence-corrected chi connectivity index (χ2v) is 5.32.